The zero-order valence-electron chi connectivity index (χ0n) is 7.34. The first-order valence-electron chi connectivity index (χ1n) is 3.94. The van der Waals surface area contributed by atoms with Crippen molar-refractivity contribution in [2.45, 2.75) is 12.2 Å². The fraction of sp³-hybridized carbons (Fsp3) is 0.667. The molecule has 0 aromatic rings. The summed E-state index contributed by atoms with van der Waals surface area (Å²) in [6.45, 7) is 0.397. The Hall–Kier alpha value is -1.12. The highest BCUT2D eigenvalue weighted by atomic mass is 16.5. The zero-order valence-corrected chi connectivity index (χ0v) is 7.34. The fourth-order valence-corrected chi connectivity index (χ4v) is 1.07. The van der Waals surface area contributed by atoms with Crippen molar-refractivity contribution in [2.24, 2.45) is 5.84 Å². The molecule has 4 N–H and O–H groups in total. The molecule has 2 atom stereocenters. The van der Waals surface area contributed by atoms with Crippen LogP contribution >= 0.6 is 0 Å². The largest absolute Gasteiger partial charge is 0.407 e. The standard InChI is InChI=1S/C6H10BN3O4/c7-9-5(12)3(11)4-6(13)10(8)1-2-14-4/h3-4,11H,1-2,8H2,(H,9,12). The van der Waals surface area contributed by atoms with E-state index in [2.05, 4.69) is 0 Å². The minimum absolute atomic E-state index is 0.168. The molecular formula is C6H10BN3O4. The summed E-state index contributed by atoms with van der Waals surface area (Å²) in [5.74, 6) is 3.74. The summed E-state index contributed by atoms with van der Waals surface area (Å²) < 4.78 is 4.91. The maximum atomic E-state index is 11.3. The van der Waals surface area contributed by atoms with Crippen molar-refractivity contribution in [3.8, 4) is 0 Å². The summed E-state index contributed by atoms with van der Waals surface area (Å²) in [4.78, 5) is 22.2. The van der Waals surface area contributed by atoms with E-state index in [-0.39, 0.29) is 13.2 Å². The van der Waals surface area contributed by atoms with Crippen LogP contribution in [0.15, 0.2) is 0 Å². The van der Waals surface area contributed by atoms with Crippen molar-refractivity contribution in [1.82, 2.24) is 10.2 Å². The second kappa shape index (κ2) is 4.40. The lowest BCUT2D eigenvalue weighted by atomic mass is 10.1. The van der Waals surface area contributed by atoms with Gasteiger partial charge in [-0.05, 0) is 0 Å². The van der Waals surface area contributed by atoms with Gasteiger partial charge < -0.3 is 15.1 Å². The van der Waals surface area contributed by atoms with Crippen LogP contribution in [0, 0.1) is 0 Å². The lowest BCUT2D eigenvalue weighted by Crippen LogP contribution is -2.58. The Morgan fingerprint density at radius 3 is 3.07 bits per heavy atom. The van der Waals surface area contributed by atoms with Crippen LogP contribution in [-0.2, 0) is 14.3 Å². The highest BCUT2D eigenvalue weighted by molar-refractivity contribution is 6.15. The topological polar surface area (TPSA) is 105 Å². The number of nitrogens with two attached hydrogens (primary N) is 1. The Labute approximate surface area is 81.6 Å². The normalized spacial score (nSPS) is 24.6. The maximum absolute atomic E-state index is 11.3. The molecular weight excluding hydrogens is 189 g/mol. The number of nitrogens with one attached hydrogen (secondary N) is 1. The number of nitrogens with zero attached hydrogens (tertiary/aromatic N) is 1. The van der Waals surface area contributed by atoms with E-state index in [9.17, 15) is 14.7 Å². The number of ether oxygens (including phenoxy) is 1. The summed E-state index contributed by atoms with van der Waals surface area (Å²) in [5.41, 5.74) is 0. The molecule has 1 heterocycles. The first kappa shape index (κ1) is 11.0. The van der Waals surface area contributed by atoms with Gasteiger partial charge in [0.1, 0.15) is 0 Å². The van der Waals surface area contributed by atoms with Gasteiger partial charge in [0.05, 0.1) is 13.2 Å². The second-order valence-electron chi connectivity index (χ2n) is 2.78. The summed E-state index contributed by atoms with van der Waals surface area (Å²) in [5, 5.41) is 11.9. The van der Waals surface area contributed by atoms with Crippen LogP contribution in [-0.4, -0.2) is 55.3 Å². The fourth-order valence-electron chi connectivity index (χ4n) is 1.07. The van der Waals surface area contributed by atoms with E-state index in [1.54, 1.807) is 5.23 Å². The molecule has 1 aliphatic heterocycles. The van der Waals surface area contributed by atoms with Gasteiger partial charge in [-0.2, -0.15) is 0 Å². The minimum atomic E-state index is -1.64. The molecule has 1 fully saturated rings. The van der Waals surface area contributed by atoms with Gasteiger partial charge in [-0.15, -0.1) is 0 Å². The SMILES string of the molecule is [B]NC(=O)C(O)C1OCCN(N)C1=O. The molecule has 76 valence electrons. The number of carbonyl (C=O) groups excluding carboxylic acids is 2. The average molecular weight is 199 g/mol. The average Bonchev–Trinajstić information content (AvgIpc) is 2.20. The molecule has 8 heteroatoms. The second-order valence-corrected chi connectivity index (χ2v) is 2.78. The molecule has 2 radical (unpaired) electrons. The van der Waals surface area contributed by atoms with Crippen LogP contribution in [0.1, 0.15) is 0 Å². The molecule has 1 rings (SSSR count). The van der Waals surface area contributed by atoms with E-state index >= 15 is 0 Å². The molecule has 0 aromatic carbocycles. The third kappa shape index (κ3) is 2.03. The summed E-state index contributed by atoms with van der Waals surface area (Å²) in [6, 6.07) is 0. The van der Waals surface area contributed by atoms with E-state index in [1.807, 2.05) is 0 Å². The Kier molecular flexibility index (Phi) is 3.45. The molecule has 2 amide bonds. The lowest BCUT2D eigenvalue weighted by molar-refractivity contribution is -0.167. The quantitative estimate of drug-likeness (QED) is 0.245. The van der Waals surface area contributed by atoms with Gasteiger partial charge in [0.25, 0.3) is 5.91 Å². The Morgan fingerprint density at radius 2 is 2.50 bits per heavy atom. The van der Waals surface area contributed by atoms with Gasteiger partial charge in [-0.3, -0.25) is 14.6 Å². The molecule has 0 spiro atoms. The van der Waals surface area contributed by atoms with Crippen molar-refractivity contribution in [2.75, 3.05) is 13.2 Å². The third-order valence-electron chi connectivity index (χ3n) is 1.85. The van der Waals surface area contributed by atoms with Crippen LogP contribution in [0.25, 0.3) is 0 Å². The zero-order chi connectivity index (χ0) is 10.7. The molecule has 2 unspecified atom stereocenters. The maximum Gasteiger partial charge on any atom is 0.268 e. The van der Waals surface area contributed by atoms with E-state index in [0.717, 1.165) is 5.01 Å². The number of aliphatic hydroxyl groups excluding tert-OH is 1. The van der Waals surface area contributed by atoms with Gasteiger partial charge >= 0.3 is 0 Å². The number of hydrazine groups is 1. The molecule has 14 heavy (non-hydrogen) atoms. The number of rotatable bonds is 2. The Bertz CT molecular complexity index is 249. The molecule has 0 saturated carbocycles. The molecule has 0 aromatic heterocycles. The summed E-state index contributed by atoms with van der Waals surface area (Å²) >= 11 is 0. The van der Waals surface area contributed by atoms with Crippen molar-refractivity contribution in [1.29, 1.82) is 0 Å². The minimum Gasteiger partial charge on any atom is -0.407 e. The molecule has 7 nitrogen and oxygen atoms in total. The van der Waals surface area contributed by atoms with Gasteiger partial charge in [0.2, 0.25) is 13.9 Å². The van der Waals surface area contributed by atoms with Crippen LogP contribution in [0.5, 0.6) is 0 Å². The highest BCUT2D eigenvalue weighted by Crippen LogP contribution is 2.08. The lowest BCUT2D eigenvalue weighted by Gasteiger charge is -2.30. The number of amides is 2. The summed E-state index contributed by atoms with van der Waals surface area (Å²) in [7, 11) is 4.79. The van der Waals surface area contributed by atoms with E-state index < -0.39 is 24.0 Å². The molecule has 0 bridgehead atoms. The van der Waals surface area contributed by atoms with E-state index in [1.165, 1.54) is 0 Å². The highest BCUT2D eigenvalue weighted by Gasteiger charge is 2.37. The predicted octanol–water partition coefficient (Wildman–Crippen LogP) is -3.35. The van der Waals surface area contributed by atoms with Crippen molar-refractivity contribution < 1.29 is 19.4 Å². The first-order valence-corrected chi connectivity index (χ1v) is 3.94. The van der Waals surface area contributed by atoms with Crippen LogP contribution in [0.4, 0.5) is 0 Å². The van der Waals surface area contributed by atoms with Crippen molar-refractivity contribution in [3.05, 3.63) is 0 Å². The molecule has 1 aliphatic rings. The molecule has 1 saturated heterocycles. The Morgan fingerprint density at radius 1 is 1.86 bits per heavy atom. The van der Waals surface area contributed by atoms with Gasteiger partial charge in [0.15, 0.2) is 12.2 Å². The number of aliphatic hydroxyl groups is 1. The van der Waals surface area contributed by atoms with Crippen molar-refractivity contribution in [3.63, 3.8) is 0 Å². The first-order chi connectivity index (χ1) is 6.57. The number of morpholine rings is 1. The van der Waals surface area contributed by atoms with E-state index in [0.29, 0.717) is 0 Å². The van der Waals surface area contributed by atoms with Crippen molar-refractivity contribution >= 4 is 19.8 Å². The number of hydrogen-bond donors (Lipinski definition) is 3. The number of hydrogen-bond acceptors (Lipinski definition) is 5. The van der Waals surface area contributed by atoms with Crippen LogP contribution in [0.3, 0.4) is 0 Å². The smallest absolute Gasteiger partial charge is 0.268 e. The molecule has 0 aliphatic carbocycles. The van der Waals surface area contributed by atoms with Gasteiger partial charge in [-0.25, -0.2) is 5.84 Å². The monoisotopic (exact) mass is 199 g/mol. The Balaban J connectivity index is 2.66. The van der Waals surface area contributed by atoms with E-state index in [4.69, 9.17) is 18.6 Å². The van der Waals surface area contributed by atoms with Gasteiger partial charge in [-0.1, -0.05) is 0 Å². The van der Waals surface area contributed by atoms with Crippen LogP contribution < -0.4 is 11.1 Å². The van der Waals surface area contributed by atoms with Crippen LogP contribution in [0.2, 0.25) is 0 Å². The third-order valence-corrected chi connectivity index (χ3v) is 1.85. The van der Waals surface area contributed by atoms with Gasteiger partial charge in [0, 0.05) is 0 Å². The summed E-state index contributed by atoms with van der Waals surface area (Å²) in [6.07, 6.45) is -2.92. The predicted molar refractivity (Wildman–Crippen MR) is 45.5 cm³/mol. The number of carbonyl (C=O) groups is 2.